The number of fused-ring (bicyclic) bond motifs is 1. The molecule has 8 heteroatoms. The van der Waals surface area contributed by atoms with E-state index in [-0.39, 0.29) is 23.8 Å². The van der Waals surface area contributed by atoms with E-state index < -0.39 is 0 Å². The van der Waals surface area contributed by atoms with Crippen molar-refractivity contribution in [2.45, 2.75) is 58.4 Å². The maximum Gasteiger partial charge on any atom is 0.266 e. The molecule has 37 heavy (non-hydrogen) atoms. The van der Waals surface area contributed by atoms with Crippen molar-refractivity contribution in [3.8, 4) is 0 Å². The highest BCUT2D eigenvalue weighted by Gasteiger charge is 2.28. The van der Waals surface area contributed by atoms with Crippen molar-refractivity contribution in [2.24, 2.45) is 0 Å². The van der Waals surface area contributed by atoms with Gasteiger partial charge in [0, 0.05) is 41.5 Å². The number of H-pyrrole nitrogens is 1. The zero-order valence-corrected chi connectivity index (χ0v) is 22.5. The molecule has 0 aliphatic heterocycles. The molecule has 3 aromatic rings. The number of aromatic amines is 1. The Morgan fingerprint density at radius 2 is 1.89 bits per heavy atom. The van der Waals surface area contributed by atoms with Gasteiger partial charge in [-0.3, -0.25) is 14.4 Å². The monoisotopic (exact) mass is 518 g/mol. The molecule has 194 valence electrons. The quantitative estimate of drug-likeness (QED) is 0.200. The van der Waals surface area contributed by atoms with Gasteiger partial charge in [0.15, 0.2) is 0 Å². The summed E-state index contributed by atoms with van der Waals surface area (Å²) < 4.78 is 0. The van der Waals surface area contributed by atoms with Gasteiger partial charge in [0.2, 0.25) is 5.91 Å². The number of benzene rings is 1. The van der Waals surface area contributed by atoms with Crippen LogP contribution in [0.4, 0.5) is 11.5 Å². The zero-order valence-electron chi connectivity index (χ0n) is 21.6. The first-order valence-corrected chi connectivity index (χ1v) is 13.6. The molecule has 0 radical (unpaired) electrons. The molecule has 1 saturated carbocycles. The normalized spacial score (nSPS) is 13.4. The maximum atomic E-state index is 13.2. The summed E-state index contributed by atoms with van der Waals surface area (Å²) in [5.41, 5.74) is 2.78. The highest BCUT2D eigenvalue weighted by Crippen LogP contribution is 2.32. The molecule has 0 unspecified atom stereocenters. The largest absolute Gasteiger partial charge is 0.349 e. The predicted molar refractivity (Wildman–Crippen MR) is 152 cm³/mol. The number of anilines is 2. The van der Waals surface area contributed by atoms with E-state index >= 15 is 0 Å². The first-order chi connectivity index (χ1) is 17.8. The predicted octanol–water partition coefficient (Wildman–Crippen LogP) is 6.51. The summed E-state index contributed by atoms with van der Waals surface area (Å²) in [5.74, 6) is -0.279. The van der Waals surface area contributed by atoms with Crippen LogP contribution >= 0.6 is 11.3 Å². The van der Waals surface area contributed by atoms with Gasteiger partial charge in [-0.2, -0.15) is 0 Å². The fourth-order valence-electron chi connectivity index (χ4n) is 4.12. The molecule has 3 amide bonds. The molecule has 0 saturated heterocycles. The number of hydrogen-bond donors (Lipinski definition) is 3. The van der Waals surface area contributed by atoms with E-state index in [9.17, 15) is 14.4 Å². The molecule has 0 atom stereocenters. The molecule has 4 rings (SSSR count). The van der Waals surface area contributed by atoms with E-state index in [1.54, 1.807) is 25.2 Å². The first-order valence-electron chi connectivity index (χ1n) is 12.8. The molecule has 0 spiro atoms. The number of unbranched alkanes of at least 4 members (excludes halogenated alkanes) is 3. The van der Waals surface area contributed by atoms with Crippen molar-refractivity contribution in [3.63, 3.8) is 0 Å². The Kier molecular flexibility index (Phi) is 8.28. The van der Waals surface area contributed by atoms with Crippen LogP contribution in [0.15, 0.2) is 49.1 Å². The third-order valence-corrected chi connectivity index (χ3v) is 7.66. The number of allylic oxidation sites excluding steroid dienone is 3. The van der Waals surface area contributed by atoms with E-state index in [0.717, 1.165) is 36.1 Å². The lowest BCUT2D eigenvalue weighted by atomic mass is 10.1. The lowest BCUT2D eigenvalue weighted by molar-refractivity contribution is -0.116. The summed E-state index contributed by atoms with van der Waals surface area (Å²) in [4.78, 5) is 44.5. The second kappa shape index (κ2) is 11.6. The van der Waals surface area contributed by atoms with Crippen LogP contribution in [0.25, 0.3) is 16.5 Å². The van der Waals surface area contributed by atoms with Crippen molar-refractivity contribution in [3.05, 3.63) is 64.4 Å². The second-order valence-corrected chi connectivity index (χ2v) is 10.5. The van der Waals surface area contributed by atoms with Gasteiger partial charge < -0.3 is 20.5 Å². The van der Waals surface area contributed by atoms with Crippen molar-refractivity contribution in [1.29, 1.82) is 0 Å². The fourth-order valence-corrected chi connectivity index (χ4v) is 5.05. The summed E-state index contributed by atoms with van der Waals surface area (Å²) >= 11 is 1.40. The van der Waals surface area contributed by atoms with E-state index in [1.807, 2.05) is 18.2 Å². The summed E-state index contributed by atoms with van der Waals surface area (Å²) in [7, 11) is 1.69. The van der Waals surface area contributed by atoms with Gasteiger partial charge in [0.1, 0.15) is 5.82 Å². The fraction of sp³-hybridized carbons (Fsp3) is 0.345. The average Bonchev–Trinajstić information content (AvgIpc) is 3.42. The van der Waals surface area contributed by atoms with Gasteiger partial charge in [-0.25, -0.2) is 0 Å². The number of carbonyl (C=O) groups is 3. The standard InChI is InChI=1S/C29H34N4O3S/c1-5-7-8-9-10-19(6-2)24-15-16-25(37-24)28(35)32-27-26(29(36)30-20-11-12-20)22-14-13-21(17-23(22)31-27)33(4)18(3)34/h6,10,13-17,20,31H,2,5,7-9,11-12H2,1,3-4H3,(H,30,36)(H,32,35). The summed E-state index contributed by atoms with van der Waals surface area (Å²) in [5, 5.41) is 6.63. The van der Waals surface area contributed by atoms with Gasteiger partial charge in [0.05, 0.1) is 10.4 Å². The summed E-state index contributed by atoms with van der Waals surface area (Å²) in [6.45, 7) is 7.61. The molecule has 1 aliphatic carbocycles. The number of nitrogens with zero attached hydrogens (tertiary/aromatic N) is 1. The summed E-state index contributed by atoms with van der Waals surface area (Å²) in [6, 6.07) is 9.32. The lowest BCUT2D eigenvalue weighted by Crippen LogP contribution is -2.26. The first kappa shape index (κ1) is 26.4. The smallest absolute Gasteiger partial charge is 0.266 e. The third-order valence-electron chi connectivity index (χ3n) is 6.53. The Bertz CT molecular complexity index is 1360. The molecule has 1 fully saturated rings. The van der Waals surface area contributed by atoms with Gasteiger partial charge in [-0.15, -0.1) is 11.3 Å². The van der Waals surface area contributed by atoms with Crippen LogP contribution in [0.2, 0.25) is 0 Å². The number of nitrogens with one attached hydrogen (secondary N) is 3. The Hall–Kier alpha value is -3.65. The number of rotatable bonds is 11. The number of aromatic nitrogens is 1. The Morgan fingerprint density at radius 3 is 2.57 bits per heavy atom. The molecular formula is C29H34N4O3S. The minimum atomic E-state index is -0.293. The molecule has 7 nitrogen and oxygen atoms in total. The Balaban J connectivity index is 1.61. The van der Waals surface area contributed by atoms with Gasteiger partial charge in [-0.1, -0.05) is 38.5 Å². The summed E-state index contributed by atoms with van der Waals surface area (Å²) in [6.07, 6.45) is 10.4. The van der Waals surface area contributed by atoms with Gasteiger partial charge in [0.25, 0.3) is 11.8 Å². The van der Waals surface area contributed by atoms with E-state index in [4.69, 9.17) is 0 Å². The minimum Gasteiger partial charge on any atom is -0.349 e. The van der Waals surface area contributed by atoms with E-state index in [2.05, 4.69) is 35.2 Å². The average molecular weight is 519 g/mol. The Labute approximate surface area is 221 Å². The van der Waals surface area contributed by atoms with Crippen LogP contribution in [-0.4, -0.2) is 35.8 Å². The number of thiophene rings is 1. The van der Waals surface area contributed by atoms with Crippen LogP contribution in [0.5, 0.6) is 0 Å². The highest BCUT2D eigenvalue weighted by molar-refractivity contribution is 7.15. The highest BCUT2D eigenvalue weighted by atomic mass is 32.1. The van der Waals surface area contributed by atoms with Crippen molar-refractivity contribution in [1.82, 2.24) is 10.3 Å². The van der Waals surface area contributed by atoms with E-state index in [1.165, 1.54) is 36.0 Å². The molecule has 1 aliphatic rings. The zero-order chi connectivity index (χ0) is 26.5. The van der Waals surface area contributed by atoms with Crippen LogP contribution < -0.4 is 15.5 Å². The molecule has 2 aromatic heterocycles. The van der Waals surface area contributed by atoms with Gasteiger partial charge in [-0.05, 0) is 61.6 Å². The number of amides is 3. The third kappa shape index (κ3) is 6.20. The maximum absolute atomic E-state index is 13.2. The van der Waals surface area contributed by atoms with Crippen LogP contribution in [-0.2, 0) is 4.79 Å². The molecule has 1 aromatic carbocycles. The minimum absolute atomic E-state index is 0.0991. The van der Waals surface area contributed by atoms with Crippen molar-refractivity contribution in [2.75, 3.05) is 17.3 Å². The van der Waals surface area contributed by atoms with Gasteiger partial charge >= 0.3 is 0 Å². The lowest BCUT2D eigenvalue weighted by Gasteiger charge is -2.14. The molecule has 2 heterocycles. The van der Waals surface area contributed by atoms with Crippen LogP contribution in [0, 0.1) is 0 Å². The number of carbonyl (C=O) groups excluding carboxylic acids is 3. The molecule has 3 N–H and O–H groups in total. The SMILES string of the molecule is C=CC(=CCCCCC)c1ccc(C(=O)Nc2[nH]c3cc(N(C)C(C)=O)ccc3c2C(=O)NC2CC2)s1. The van der Waals surface area contributed by atoms with Crippen molar-refractivity contribution < 1.29 is 14.4 Å². The van der Waals surface area contributed by atoms with Crippen molar-refractivity contribution >= 4 is 57.0 Å². The topological polar surface area (TPSA) is 94.3 Å². The van der Waals surface area contributed by atoms with E-state index in [0.29, 0.717) is 32.8 Å². The molecular weight excluding hydrogens is 484 g/mol. The molecule has 0 bridgehead atoms. The van der Waals surface area contributed by atoms with Crippen LogP contribution in [0.3, 0.4) is 0 Å². The second-order valence-electron chi connectivity index (χ2n) is 9.41. The Morgan fingerprint density at radius 1 is 1.14 bits per heavy atom. The van der Waals surface area contributed by atoms with Crippen LogP contribution in [0.1, 0.15) is 77.3 Å². The number of hydrogen-bond acceptors (Lipinski definition) is 4.